The fraction of sp³-hybridized carbons (Fsp3) is 0.263. The van der Waals surface area contributed by atoms with Crippen molar-refractivity contribution in [2.75, 3.05) is 19.5 Å². The lowest BCUT2D eigenvalue weighted by Gasteiger charge is -2.32. The number of anilines is 1. The summed E-state index contributed by atoms with van der Waals surface area (Å²) in [5.41, 5.74) is 2.25. The topological polar surface area (TPSA) is 61.2 Å². The molecule has 0 bridgehead atoms. The van der Waals surface area contributed by atoms with Crippen LogP contribution in [0.4, 0.5) is 5.95 Å². The largest absolute Gasteiger partial charge is 0.493 e. The maximum atomic E-state index is 6.03. The number of benzene rings is 2. The Kier molecular flexibility index (Phi) is 4.42. The highest BCUT2D eigenvalue weighted by atomic mass is 35.5. The van der Waals surface area contributed by atoms with E-state index < -0.39 is 0 Å². The zero-order valence-electron chi connectivity index (χ0n) is 14.5. The summed E-state index contributed by atoms with van der Waals surface area (Å²) in [6.45, 7) is 0. The van der Waals surface area contributed by atoms with Gasteiger partial charge in [0, 0.05) is 5.02 Å². The second-order valence-corrected chi connectivity index (χ2v) is 6.58. The summed E-state index contributed by atoms with van der Waals surface area (Å²) in [7, 11) is 3.27. The van der Waals surface area contributed by atoms with Crippen LogP contribution in [0.1, 0.15) is 29.6 Å². The molecule has 4 rings (SSSR count). The van der Waals surface area contributed by atoms with Crippen LogP contribution in [0.5, 0.6) is 11.5 Å². The number of ether oxygens (including phenoxy) is 2. The SMILES string of the molecule is COc1ccc([C@H]2C[C@H](c3ccc(Cl)cc3)Nc3ncnn32)cc1OC. The first-order chi connectivity index (χ1) is 12.7. The molecule has 134 valence electrons. The molecule has 3 aromatic rings. The van der Waals surface area contributed by atoms with Gasteiger partial charge >= 0.3 is 0 Å². The quantitative estimate of drug-likeness (QED) is 0.749. The molecule has 2 atom stereocenters. The monoisotopic (exact) mass is 370 g/mol. The molecule has 0 fully saturated rings. The fourth-order valence-electron chi connectivity index (χ4n) is 3.37. The van der Waals surface area contributed by atoms with E-state index in [1.807, 2.05) is 47.1 Å². The van der Waals surface area contributed by atoms with Gasteiger partial charge in [-0.15, -0.1) is 0 Å². The summed E-state index contributed by atoms with van der Waals surface area (Å²) < 4.78 is 12.7. The molecule has 0 saturated carbocycles. The number of nitrogens with zero attached hydrogens (tertiary/aromatic N) is 3. The van der Waals surface area contributed by atoms with E-state index in [1.54, 1.807) is 20.5 Å². The minimum absolute atomic E-state index is 0.0363. The van der Waals surface area contributed by atoms with E-state index >= 15 is 0 Å². The average molecular weight is 371 g/mol. The van der Waals surface area contributed by atoms with Crippen molar-refractivity contribution in [1.29, 1.82) is 0 Å². The zero-order chi connectivity index (χ0) is 18.1. The van der Waals surface area contributed by atoms with Crippen molar-refractivity contribution in [3.05, 3.63) is 64.9 Å². The van der Waals surface area contributed by atoms with E-state index in [-0.39, 0.29) is 12.1 Å². The van der Waals surface area contributed by atoms with Gasteiger partial charge in [-0.1, -0.05) is 29.8 Å². The molecule has 0 saturated heterocycles. The lowest BCUT2D eigenvalue weighted by molar-refractivity contribution is 0.352. The third kappa shape index (κ3) is 2.97. The van der Waals surface area contributed by atoms with Crippen LogP contribution in [-0.4, -0.2) is 29.0 Å². The molecule has 1 N–H and O–H groups in total. The zero-order valence-corrected chi connectivity index (χ0v) is 15.3. The van der Waals surface area contributed by atoms with Crippen molar-refractivity contribution in [2.24, 2.45) is 0 Å². The highest BCUT2D eigenvalue weighted by Gasteiger charge is 2.30. The maximum absolute atomic E-state index is 6.03. The Morgan fingerprint density at radius 3 is 2.50 bits per heavy atom. The lowest BCUT2D eigenvalue weighted by Crippen LogP contribution is -2.28. The van der Waals surface area contributed by atoms with Gasteiger partial charge in [0.2, 0.25) is 5.95 Å². The first-order valence-corrected chi connectivity index (χ1v) is 8.71. The summed E-state index contributed by atoms with van der Waals surface area (Å²) in [5.74, 6) is 2.16. The van der Waals surface area contributed by atoms with Crippen molar-refractivity contribution in [2.45, 2.75) is 18.5 Å². The minimum atomic E-state index is 0.0363. The third-order valence-corrected chi connectivity index (χ3v) is 4.95. The van der Waals surface area contributed by atoms with Gasteiger partial charge in [0.1, 0.15) is 6.33 Å². The first-order valence-electron chi connectivity index (χ1n) is 8.33. The number of hydrogen-bond donors (Lipinski definition) is 1. The molecule has 2 heterocycles. The standard InChI is InChI=1S/C19H19ClN4O2/c1-25-17-8-5-13(9-18(17)26-2)16-10-15(12-3-6-14(20)7-4-12)23-19-21-11-22-24(16)19/h3-9,11,15-16H,10H2,1-2H3,(H,21,22,23)/t15-,16-/m1/s1. The van der Waals surface area contributed by atoms with E-state index in [9.17, 15) is 0 Å². The third-order valence-electron chi connectivity index (χ3n) is 4.70. The van der Waals surface area contributed by atoms with Gasteiger partial charge in [-0.05, 0) is 41.8 Å². The van der Waals surface area contributed by atoms with E-state index in [0.29, 0.717) is 11.5 Å². The predicted molar refractivity (Wildman–Crippen MR) is 100 cm³/mol. The Hall–Kier alpha value is -2.73. The van der Waals surface area contributed by atoms with E-state index in [0.717, 1.165) is 28.5 Å². The van der Waals surface area contributed by atoms with Crippen LogP contribution in [0, 0.1) is 0 Å². The van der Waals surface area contributed by atoms with Crippen molar-refractivity contribution >= 4 is 17.5 Å². The minimum Gasteiger partial charge on any atom is -0.493 e. The number of fused-ring (bicyclic) bond motifs is 1. The van der Waals surface area contributed by atoms with Crippen LogP contribution in [-0.2, 0) is 0 Å². The number of methoxy groups -OCH3 is 2. The number of halogens is 1. The van der Waals surface area contributed by atoms with Gasteiger partial charge < -0.3 is 14.8 Å². The molecule has 1 aromatic heterocycles. The molecule has 0 amide bonds. The van der Waals surface area contributed by atoms with Gasteiger partial charge in [0.15, 0.2) is 11.5 Å². The Bertz CT molecular complexity index is 910. The number of rotatable bonds is 4. The van der Waals surface area contributed by atoms with Gasteiger partial charge in [0.25, 0.3) is 0 Å². The molecule has 0 spiro atoms. The Balaban J connectivity index is 1.72. The van der Waals surface area contributed by atoms with Crippen LogP contribution in [0.3, 0.4) is 0 Å². The molecular weight excluding hydrogens is 352 g/mol. The molecule has 26 heavy (non-hydrogen) atoms. The number of aromatic nitrogens is 3. The van der Waals surface area contributed by atoms with Gasteiger partial charge in [-0.25, -0.2) is 4.68 Å². The molecule has 0 aliphatic carbocycles. The molecule has 2 aromatic carbocycles. The summed E-state index contributed by atoms with van der Waals surface area (Å²) in [6, 6.07) is 14.0. The van der Waals surface area contributed by atoms with E-state index in [2.05, 4.69) is 15.4 Å². The predicted octanol–water partition coefficient (Wildman–Crippen LogP) is 4.10. The molecule has 7 heteroatoms. The maximum Gasteiger partial charge on any atom is 0.222 e. The molecule has 1 aliphatic heterocycles. The van der Waals surface area contributed by atoms with Crippen molar-refractivity contribution < 1.29 is 9.47 Å². The van der Waals surface area contributed by atoms with Crippen LogP contribution in [0.25, 0.3) is 0 Å². The Morgan fingerprint density at radius 2 is 1.77 bits per heavy atom. The van der Waals surface area contributed by atoms with E-state index in [4.69, 9.17) is 21.1 Å². The Morgan fingerprint density at radius 1 is 1.04 bits per heavy atom. The molecular formula is C19H19ClN4O2. The van der Waals surface area contributed by atoms with Crippen molar-refractivity contribution in [3.63, 3.8) is 0 Å². The van der Waals surface area contributed by atoms with Gasteiger partial charge in [0.05, 0.1) is 26.3 Å². The van der Waals surface area contributed by atoms with Gasteiger partial charge in [-0.2, -0.15) is 10.1 Å². The van der Waals surface area contributed by atoms with Crippen LogP contribution < -0.4 is 14.8 Å². The number of nitrogens with one attached hydrogen (secondary N) is 1. The van der Waals surface area contributed by atoms with Crippen molar-refractivity contribution in [3.8, 4) is 11.5 Å². The van der Waals surface area contributed by atoms with Crippen LogP contribution in [0.2, 0.25) is 5.02 Å². The second-order valence-electron chi connectivity index (χ2n) is 6.14. The smallest absolute Gasteiger partial charge is 0.222 e. The molecule has 1 aliphatic rings. The average Bonchev–Trinajstić information content (AvgIpc) is 3.16. The summed E-state index contributed by atoms with van der Waals surface area (Å²) >= 11 is 6.03. The normalized spacial score (nSPS) is 18.7. The summed E-state index contributed by atoms with van der Waals surface area (Å²) in [5, 5.41) is 8.58. The first kappa shape index (κ1) is 16.7. The highest BCUT2D eigenvalue weighted by molar-refractivity contribution is 6.30. The summed E-state index contributed by atoms with van der Waals surface area (Å²) in [6.07, 6.45) is 2.40. The lowest BCUT2D eigenvalue weighted by atomic mass is 9.93. The summed E-state index contributed by atoms with van der Waals surface area (Å²) in [4.78, 5) is 4.36. The molecule has 6 nitrogen and oxygen atoms in total. The number of hydrogen-bond acceptors (Lipinski definition) is 5. The van der Waals surface area contributed by atoms with Gasteiger partial charge in [-0.3, -0.25) is 0 Å². The van der Waals surface area contributed by atoms with Crippen LogP contribution >= 0.6 is 11.6 Å². The van der Waals surface area contributed by atoms with Crippen molar-refractivity contribution in [1.82, 2.24) is 14.8 Å². The van der Waals surface area contributed by atoms with Crippen LogP contribution in [0.15, 0.2) is 48.8 Å². The molecule has 0 radical (unpaired) electrons. The second kappa shape index (κ2) is 6.88. The highest BCUT2D eigenvalue weighted by Crippen LogP contribution is 2.40. The molecule has 0 unspecified atom stereocenters. The fourth-order valence-corrected chi connectivity index (χ4v) is 3.50. The van der Waals surface area contributed by atoms with E-state index in [1.165, 1.54) is 0 Å². The Labute approximate surface area is 156 Å².